The minimum Gasteiger partial charge on any atom is -0.357 e. The first kappa shape index (κ1) is 12.8. The van der Waals surface area contributed by atoms with Crippen LogP contribution in [-0.2, 0) is 0 Å². The van der Waals surface area contributed by atoms with Crippen LogP contribution >= 0.6 is 0 Å². The zero-order valence-corrected chi connectivity index (χ0v) is 11.9. The number of nitrogens with one attached hydrogen (secondary N) is 2. The number of H-pyrrole nitrogens is 1. The Morgan fingerprint density at radius 3 is 2.59 bits per heavy atom. The molecule has 1 aromatic carbocycles. The van der Waals surface area contributed by atoms with Crippen molar-refractivity contribution in [1.82, 2.24) is 15.3 Å². The summed E-state index contributed by atoms with van der Waals surface area (Å²) in [5, 5.41) is 2.98. The number of pyridine rings is 1. The number of hydrogen-bond donors (Lipinski definition) is 2. The van der Waals surface area contributed by atoms with Crippen LogP contribution in [-0.4, -0.2) is 22.4 Å². The maximum atomic E-state index is 12.2. The molecule has 0 aliphatic carbocycles. The third kappa shape index (κ3) is 2.09. The van der Waals surface area contributed by atoms with Crippen LogP contribution in [0.2, 0.25) is 0 Å². The highest BCUT2D eigenvalue weighted by Gasteiger charge is 2.28. The Kier molecular flexibility index (Phi) is 3.00. The Morgan fingerprint density at radius 1 is 1.05 bits per heavy atom. The Labute approximate surface area is 128 Å². The van der Waals surface area contributed by atoms with Gasteiger partial charge in [0.1, 0.15) is 0 Å². The highest BCUT2D eigenvalue weighted by molar-refractivity contribution is 5.98. The first-order chi connectivity index (χ1) is 10.8. The SMILES string of the molecule is O=C1NC[C@H](c2ccccc2)c2[nH]c(-c3ccncc3)cc21. The van der Waals surface area contributed by atoms with Gasteiger partial charge in [0.05, 0.1) is 5.56 Å². The molecule has 1 aliphatic rings. The molecule has 0 fully saturated rings. The van der Waals surface area contributed by atoms with Gasteiger partial charge in [0.15, 0.2) is 0 Å². The number of benzene rings is 1. The summed E-state index contributed by atoms with van der Waals surface area (Å²) in [7, 11) is 0. The van der Waals surface area contributed by atoms with Gasteiger partial charge in [0, 0.05) is 41.8 Å². The summed E-state index contributed by atoms with van der Waals surface area (Å²) in [5.74, 6) is 0.142. The van der Waals surface area contributed by atoms with Gasteiger partial charge in [-0.05, 0) is 23.8 Å². The van der Waals surface area contributed by atoms with Crippen molar-refractivity contribution in [1.29, 1.82) is 0 Å². The normalized spacial score (nSPS) is 16.9. The van der Waals surface area contributed by atoms with Crippen molar-refractivity contribution < 1.29 is 4.79 Å². The lowest BCUT2D eigenvalue weighted by Gasteiger charge is -2.23. The fraction of sp³-hybridized carbons (Fsp3) is 0.111. The molecule has 0 spiro atoms. The fourth-order valence-corrected chi connectivity index (χ4v) is 2.98. The van der Waals surface area contributed by atoms with Crippen LogP contribution in [0.5, 0.6) is 0 Å². The number of carbonyl (C=O) groups is 1. The van der Waals surface area contributed by atoms with Gasteiger partial charge in [-0.2, -0.15) is 0 Å². The van der Waals surface area contributed by atoms with E-state index in [1.807, 2.05) is 36.4 Å². The van der Waals surface area contributed by atoms with E-state index in [-0.39, 0.29) is 11.8 Å². The summed E-state index contributed by atoms with van der Waals surface area (Å²) in [5.41, 5.74) is 4.90. The highest BCUT2D eigenvalue weighted by Crippen LogP contribution is 2.32. The second kappa shape index (κ2) is 5.15. The number of rotatable bonds is 2. The number of nitrogens with zero attached hydrogens (tertiary/aromatic N) is 1. The Hall–Kier alpha value is -2.88. The van der Waals surface area contributed by atoms with Gasteiger partial charge in [0.2, 0.25) is 0 Å². The molecule has 1 amide bonds. The zero-order valence-electron chi connectivity index (χ0n) is 11.9. The Bertz CT molecular complexity index is 809. The standard InChI is InChI=1S/C18H15N3O/c22-18-14-10-16(13-6-8-19-9-7-13)21-17(14)15(11-20-18)12-4-2-1-3-5-12/h1-10,15,21H,11H2,(H,20,22)/t15-/m1/s1. The molecule has 0 saturated heterocycles. The van der Waals surface area contributed by atoms with Gasteiger partial charge in [-0.15, -0.1) is 0 Å². The number of fused-ring (bicyclic) bond motifs is 1. The minimum atomic E-state index is -0.0151. The molecule has 0 bridgehead atoms. The quantitative estimate of drug-likeness (QED) is 0.762. The third-order valence-corrected chi connectivity index (χ3v) is 4.10. The van der Waals surface area contributed by atoms with E-state index in [0.29, 0.717) is 6.54 Å². The predicted octanol–water partition coefficient (Wildman–Crippen LogP) is 2.95. The van der Waals surface area contributed by atoms with Crippen molar-refractivity contribution in [2.24, 2.45) is 0 Å². The molecule has 1 aliphatic heterocycles. The summed E-state index contributed by atoms with van der Waals surface area (Å²) in [6.07, 6.45) is 3.51. The van der Waals surface area contributed by atoms with E-state index in [9.17, 15) is 4.79 Å². The van der Waals surface area contributed by atoms with Gasteiger partial charge in [-0.25, -0.2) is 0 Å². The van der Waals surface area contributed by atoms with Gasteiger partial charge in [-0.1, -0.05) is 30.3 Å². The molecular weight excluding hydrogens is 274 g/mol. The second-order valence-electron chi connectivity index (χ2n) is 5.42. The molecular formula is C18H15N3O. The maximum absolute atomic E-state index is 12.2. The summed E-state index contributed by atoms with van der Waals surface area (Å²) >= 11 is 0. The molecule has 0 radical (unpaired) electrons. The van der Waals surface area contributed by atoms with E-state index in [1.54, 1.807) is 12.4 Å². The van der Waals surface area contributed by atoms with Crippen LogP contribution in [0.3, 0.4) is 0 Å². The topological polar surface area (TPSA) is 57.8 Å². The van der Waals surface area contributed by atoms with Gasteiger partial charge < -0.3 is 10.3 Å². The second-order valence-corrected chi connectivity index (χ2v) is 5.42. The first-order valence-corrected chi connectivity index (χ1v) is 7.29. The average Bonchev–Trinajstić information content (AvgIpc) is 3.03. The van der Waals surface area contributed by atoms with Crippen LogP contribution in [0.4, 0.5) is 0 Å². The van der Waals surface area contributed by atoms with Crippen molar-refractivity contribution in [2.75, 3.05) is 6.54 Å². The lowest BCUT2D eigenvalue weighted by molar-refractivity contribution is 0.0942. The van der Waals surface area contributed by atoms with Crippen LogP contribution in [0.1, 0.15) is 27.5 Å². The van der Waals surface area contributed by atoms with E-state index >= 15 is 0 Å². The van der Waals surface area contributed by atoms with Crippen LogP contribution < -0.4 is 5.32 Å². The highest BCUT2D eigenvalue weighted by atomic mass is 16.1. The smallest absolute Gasteiger partial charge is 0.253 e. The maximum Gasteiger partial charge on any atom is 0.253 e. The molecule has 108 valence electrons. The number of amides is 1. The lowest BCUT2D eigenvalue weighted by atomic mass is 9.90. The number of aromatic amines is 1. The molecule has 0 saturated carbocycles. The largest absolute Gasteiger partial charge is 0.357 e. The zero-order chi connectivity index (χ0) is 14.9. The number of aromatic nitrogens is 2. The average molecular weight is 289 g/mol. The molecule has 3 aromatic rings. The molecule has 4 heteroatoms. The molecule has 0 unspecified atom stereocenters. The van der Waals surface area contributed by atoms with Crippen LogP contribution in [0, 0.1) is 0 Å². The lowest BCUT2D eigenvalue weighted by Crippen LogP contribution is -2.35. The van der Waals surface area contributed by atoms with Crippen molar-refractivity contribution in [3.05, 3.63) is 77.7 Å². The third-order valence-electron chi connectivity index (χ3n) is 4.10. The van der Waals surface area contributed by atoms with Crippen LogP contribution in [0.25, 0.3) is 11.3 Å². The van der Waals surface area contributed by atoms with Gasteiger partial charge >= 0.3 is 0 Å². The van der Waals surface area contributed by atoms with Crippen molar-refractivity contribution in [3.63, 3.8) is 0 Å². The van der Waals surface area contributed by atoms with E-state index in [2.05, 4.69) is 27.4 Å². The molecule has 2 N–H and O–H groups in total. The predicted molar refractivity (Wildman–Crippen MR) is 84.6 cm³/mol. The molecule has 22 heavy (non-hydrogen) atoms. The van der Waals surface area contributed by atoms with E-state index < -0.39 is 0 Å². The summed E-state index contributed by atoms with van der Waals surface area (Å²) < 4.78 is 0. The van der Waals surface area contributed by atoms with Crippen molar-refractivity contribution in [3.8, 4) is 11.3 Å². The molecule has 2 aromatic heterocycles. The molecule has 4 rings (SSSR count). The molecule has 4 nitrogen and oxygen atoms in total. The van der Waals surface area contributed by atoms with Crippen molar-refractivity contribution >= 4 is 5.91 Å². The summed E-state index contributed by atoms with van der Waals surface area (Å²) in [4.78, 5) is 19.6. The van der Waals surface area contributed by atoms with Gasteiger partial charge in [0.25, 0.3) is 5.91 Å². The summed E-state index contributed by atoms with van der Waals surface area (Å²) in [6, 6.07) is 16.0. The van der Waals surface area contributed by atoms with E-state index in [0.717, 1.165) is 22.5 Å². The van der Waals surface area contributed by atoms with Crippen molar-refractivity contribution in [2.45, 2.75) is 5.92 Å². The molecule has 1 atom stereocenters. The van der Waals surface area contributed by atoms with E-state index in [4.69, 9.17) is 0 Å². The monoisotopic (exact) mass is 289 g/mol. The summed E-state index contributed by atoms with van der Waals surface area (Å²) in [6.45, 7) is 0.617. The first-order valence-electron chi connectivity index (χ1n) is 7.29. The minimum absolute atomic E-state index is 0.0151. The Balaban J connectivity index is 1.82. The van der Waals surface area contributed by atoms with Gasteiger partial charge in [-0.3, -0.25) is 9.78 Å². The number of hydrogen-bond acceptors (Lipinski definition) is 2. The molecule has 3 heterocycles. The fourth-order valence-electron chi connectivity index (χ4n) is 2.98. The van der Waals surface area contributed by atoms with E-state index in [1.165, 1.54) is 5.56 Å². The number of carbonyl (C=O) groups excluding carboxylic acids is 1. The Morgan fingerprint density at radius 2 is 1.82 bits per heavy atom. The van der Waals surface area contributed by atoms with Crippen LogP contribution in [0.15, 0.2) is 60.9 Å².